The van der Waals surface area contributed by atoms with Crippen molar-refractivity contribution >= 4 is 0 Å². The van der Waals surface area contributed by atoms with E-state index < -0.39 is 0 Å². The molecule has 0 aliphatic rings. The highest BCUT2D eigenvalue weighted by atomic mass is 16.5. The summed E-state index contributed by atoms with van der Waals surface area (Å²) in [5.41, 5.74) is 2.80. The van der Waals surface area contributed by atoms with Crippen LogP contribution in [0.2, 0.25) is 0 Å². The minimum atomic E-state index is -0.182. The van der Waals surface area contributed by atoms with Crippen LogP contribution in [0, 0.1) is 11.3 Å². The lowest BCUT2D eigenvalue weighted by molar-refractivity contribution is 0.416. The summed E-state index contributed by atoms with van der Waals surface area (Å²) in [6, 6.07) is 19.9. The van der Waals surface area contributed by atoms with Crippen LogP contribution in [0.4, 0.5) is 0 Å². The first kappa shape index (κ1) is 15.5. The van der Waals surface area contributed by atoms with Gasteiger partial charge in [0.15, 0.2) is 0 Å². The molecule has 0 aliphatic heterocycles. The second-order valence-corrected chi connectivity index (χ2v) is 5.22. The smallest absolute Gasteiger partial charge is 0.267 e. The number of nitrogens with zero attached hydrogens (tertiary/aromatic N) is 3. The lowest BCUT2D eigenvalue weighted by Crippen LogP contribution is -2.22. The molecule has 0 amide bonds. The number of rotatable bonds is 4. The Kier molecular flexibility index (Phi) is 4.39. The molecule has 5 nitrogen and oxygen atoms in total. The summed E-state index contributed by atoms with van der Waals surface area (Å²) >= 11 is 0. The summed E-state index contributed by atoms with van der Waals surface area (Å²) in [4.78, 5) is 12.1. The van der Waals surface area contributed by atoms with Gasteiger partial charge in [0.2, 0.25) is 0 Å². The molecule has 0 N–H and O–H groups in total. The maximum atomic E-state index is 12.1. The van der Waals surface area contributed by atoms with Crippen molar-refractivity contribution in [3.05, 3.63) is 82.1 Å². The second kappa shape index (κ2) is 6.80. The molecule has 0 radical (unpaired) electrons. The Hall–Kier alpha value is -3.39. The van der Waals surface area contributed by atoms with Crippen molar-refractivity contribution in [2.24, 2.45) is 0 Å². The van der Waals surface area contributed by atoms with Crippen molar-refractivity contribution in [1.82, 2.24) is 9.78 Å². The zero-order valence-electron chi connectivity index (χ0n) is 13.1. The first-order valence-electron chi connectivity index (χ1n) is 7.42. The second-order valence-electron chi connectivity index (χ2n) is 5.22. The van der Waals surface area contributed by atoms with E-state index in [4.69, 9.17) is 10.00 Å². The molecular weight excluding hydrogens is 302 g/mol. The molecule has 0 bridgehead atoms. The van der Waals surface area contributed by atoms with E-state index in [1.807, 2.05) is 36.4 Å². The molecular formula is C19H15N3O2. The van der Waals surface area contributed by atoms with Gasteiger partial charge in [-0.25, -0.2) is 4.68 Å². The van der Waals surface area contributed by atoms with Crippen LogP contribution >= 0.6 is 0 Å². The van der Waals surface area contributed by atoms with E-state index in [2.05, 4.69) is 11.2 Å². The van der Waals surface area contributed by atoms with Gasteiger partial charge in [-0.3, -0.25) is 4.79 Å². The molecule has 0 atom stereocenters. The summed E-state index contributed by atoms with van der Waals surface area (Å²) in [7, 11) is 1.60. The highest BCUT2D eigenvalue weighted by molar-refractivity contribution is 5.66. The van der Waals surface area contributed by atoms with Gasteiger partial charge in [0.25, 0.3) is 5.56 Å². The number of hydrogen-bond acceptors (Lipinski definition) is 4. The molecule has 3 aromatic rings. The van der Waals surface area contributed by atoms with Crippen LogP contribution in [0.3, 0.4) is 0 Å². The molecule has 0 fully saturated rings. The average molecular weight is 317 g/mol. The Labute approximate surface area is 139 Å². The first-order chi connectivity index (χ1) is 11.7. The van der Waals surface area contributed by atoms with E-state index >= 15 is 0 Å². The van der Waals surface area contributed by atoms with Crippen LogP contribution < -0.4 is 10.3 Å². The molecule has 1 heterocycles. The molecule has 118 valence electrons. The van der Waals surface area contributed by atoms with Crippen molar-refractivity contribution in [3.63, 3.8) is 0 Å². The van der Waals surface area contributed by atoms with Gasteiger partial charge in [-0.15, -0.1) is 0 Å². The number of benzene rings is 2. The van der Waals surface area contributed by atoms with Crippen molar-refractivity contribution in [2.75, 3.05) is 7.11 Å². The zero-order chi connectivity index (χ0) is 16.9. The van der Waals surface area contributed by atoms with Crippen LogP contribution in [0.15, 0.2) is 65.5 Å². The van der Waals surface area contributed by atoms with E-state index in [0.717, 1.165) is 11.1 Å². The predicted molar refractivity (Wildman–Crippen MR) is 90.7 cm³/mol. The fourth-order valence-corrected chi connectivity index (χ4v) is 2.42. The number of para-hydroxylation sites is 1. The van der Waals surface area contributed by atoms with Gasteiger partial charge in [-0.05, 0) is 35.9 Å². The van der Waals surface area contributed by atoms with Crippen molar-refractivity contribution in [1.29, 1.82) is 5.26 Å². The lowest BCUT2D eigenvalue weighted by Gasteiger charge is -2.10. The molecule has 0 aliphatic carbocycles. The van der Waals surface area contributed by atoms with Gasteiger partial charge in [-0.1, -0.05) is 24.3 Å². The number of hydrogen-bond donors (Lipinski definition) is 0. The molecule has 0 saturated heterocycles. The monoisotopic (exact) mass is 317 g/mol. The normalized spacial score (nSPS) is 10.2. The number of ether oxygens (including phenoxy) is 1. The molecule has 5 heteroatoms. The minimum absolute atomic E-state index is 0.182. The Balaban J connectivity index is 1.97. The van der Waals surface area contributed by atoms with Crippen LogP contribution in [0.1, 0.15) is 11.1 Å². The van der Waals surface area contributed by atoms with Gasteiger partial charge in [0.1, 0.15) is 5.75 Å². The third kappa shape index (κ3) is 3.18. The fraction of sp³-hybridized carbons (Fsp3) is 0.105. The topological polar surface area (TPSA) is 67.9 Å². The highest BCUT2D eigenvalue weighted by Crippen LogP contribution is 2.27. The maximum absolute atomic E-state index is 12.1. The minimum Gasteiger partial charge on any atom is -0.496 e. The summed E-state index contributed by atoms with van der Waals surface area (Å²) in [6.07, 6.45) is 0. The van der Waals surface area contributed by atoms with E-state index in [9.17, 15) is 4.79 Å². The van der Waals surface area contributed by atoms with Crippen LogP contribution in [-0.2, 0) is 6.54 Å². The van der Waals surface area contributed by atoms with Crippen molar-refractivity contribution in [2.45, 2.75) is 6.54 Å². The number of nitriles is 1. The standard InChI is InChI=1S/C19H15N3O2/c1-24-18-5-3-2-4-16(18)17-10-11-19(23)22(21-17)13-15-8-6-14(12-20)7-9-15/h2-11H,13H2,1H3. The third-order valence-corrected chi connectivity index (χ3v) is 3.66. The Morgan fingerprint density at radius 2 is 1.83 bits per heavy atom. The first-order valence-corrected chi connectivity index (χ1v) is 7.42. The molecule has 2 aromatic carbocycles. The molecule has 1 aromatic heterocycles. The summed E-state index contributed by atoms with van der Waals surface area (Å²) in [5, 5.41) is 13.3. The third-order valence-electron chi connectivity index (χ3n) is 3.66. The summed E-state index contributed by atoms with van der Waals surface area (Å²) in [6.45, 7) is 0.341. The molecule has 0 saturated carbocycles. The van der Waals surface area contributed by atoms with Gasteiger partial charge in [0.05, 0.1) is 31.0 Å². The van der Waals surface area contributed by atoms with Crippen molar-refractivity contribution < 1.29 is 4.74 Å². The van der Waals surface area contributed by atoms with Gasteiger partial charge < -0.3 is 4.74 Å². The van der Waals surface area contributed by atoms with E-state index in [-0.39, 0.29) is 5.56 Å². The highest BCUT2D eigenvalue weighted by Gasteiger charge is 2.09. The maximum Gasteiger partial charge on any atom is 0.267 e. The summed E-state index contributed by atoms with van der Waals surface area (Å²) < 4.78 is 6.76. The molecule has 24 heavy (non-hydrogen) atoms. The zero-order valence-corrected chi connectivity index (χ0v) is 13.1. The fourth-order valence-electron chi connectivity index (χ4n) is 2.42. The Morgan fingerprint density at radius 3 is 2.54 bits per heavy atom. The number of methoxy groups -OCH3 is 1. The summed E-state index contributed by atoms with van der Waals surface area (Å²) in [5.74, 6) is 0.702. The van der Waals surface area contributed by atoms with Gasteiger partial charge >= 0.3 is 0 Å². The predicted octanol–water partition coefficient (Wildman–Crippen LogP) is 2.84. The lowest BCUT2D eigenvalue weighted by atomic mass is 10.1. The SMILES string of the molecule is COc1ccccc1-c1ccc(=O)n(Cc2ccc(C#N)cc2)n1. The van der Waals surface area contributed by atoms with E-state index in [0.29, 0.717) is 23.6 Å². The Bertz CT molecular complexity index is 953. The van der Waals surface area contributed by atoms with Crippen molar-refractivity contribution in [3.8, 4) is 23.1 Å². The van der Waals surface area contributed by atoms with Crippen LogP contribution in [-0.4, -0.2) is 16.9 Å². The average Bonchev–Trinajstić information content (AvgIpc) is 2.64. The molecule has 0 spiro atoms. The molecule has 3 rings (SSSR count). The van der Waals surface area contributed by atoms with E-state index in [1.165, 1.54) is 10.7 Å². The molecule has 0 unspecified atom stereocenters. The van der Waals surface area contributed by atoms with Crippen LogP contribution in [0.25, 0.3) is 11.3 Å². The Morgan fingerprint density at radius 1 is 1.08 bits per heavy atom. The van der Waals surface area contributed by atoms with E-state index in [1.54, 1.807) is 25.3 Å². The quantitative estimate of drug-likeness (QED) is 0.742. The van der Waals surface area contributed by atoms with Crippen LogP contribution in [0.5, 0.6) is 5.75 Å². The largest absolute Gasteiger partial charge is 0.496 e. The number of aromatic nitrogens is 2. The van der Waals surface area contributed by atoms with Gasteiger partial charge in [-0.2, -0.15) is 10.4 Å². The van der Waals surface area contributed by atoms with Gasteiger partial charge in [0, 0.05) is 11.6 Å².